The Hall–Kier alpha value is -2.68. The minimum atomic E-state index is -0.679. The highest BCUT2D eigenvalue weighted by Gasteiger charge is 2.23. The molecule has 29 heavy (non-hydrogen) atoms. The lowest BCUT2D eigenvalue weighted by Gasteiger charge is -2.23. The molecule has 0 unspecified atom stereocenters. The number of aryl methyl sites for hydroxylation is 1. The lowest BCUT2D eigenvalue weighted by molar-refractivity contribution is 0.400. The third-order valence-electron chi connectivity index (χ3n) is 5.93. The van der Waals surface area contributed by atoms with E-state index in [-0.39, 0.29) is 11.7 Å². The van der Waals surface area contributed by atoms with E-state index < -0.39 is 11.6 Å². The first-order valence-electron chi connectivity index (χ1n) is 10.5. The number of hydrogen-bond acceptors (Lipinski definition) is 1. The SMILES string of the molecule is CC[C@H](Cc1cccc2c1CCCC2)c1ccc(F)c(Oc2ccccc2)c1F. The Labute approximate surface area is 171 Å². The fourth-order valence-corrected chi connectivity index (χ4v) is 4.35. The average molecular weight is 392 g/mol. The molecule has 0 heterocycles. The minimum Gasteiger partial charge on any atom is -0.451 e. The van der Waals surface area contributed by atoms with Crippen molar-refractivity contribution in [2.45, 2.75) is 51.4 Å². The van der Waals surface area contributed by atoms with Crippen molar-refractivity contribution in [1.29, 1.82) is 0 Å². The number of rotatable bonds is 6. The van der Waals surface area contributed by atoms with Crippen molar-refractivity contribution < 1.29 is 13.5 Å². The van der Waals surface area contributed by atoms with Gasteiger partial charge >= 0.3 is 0 Å². The van der Waals surface area contributed by atoms with Gasteiger partial charge in [0, 0.05) is 0 Å². The van der Waals surface area contributed by atoms with Crippen molar-refractivity contribution >= 4 is 0 Å². The van der Waals surface area contributed by atoms with E-state index in [1.807, 2.05) is 6.07 Å². The molecule has 0 saturated carbocycles. The molecule has 0 fully saturated rings. The molecule has 1 atom stereocenters. The third-order valence-corrected chi connectivity index (χ3v) is 5.93. The van der Waals surface area contributed by atoms with Gasteiger partial charge in [-0.15, -0.1) is 0 Å². The summed E-state index contributed by atoms with van der Waals surface area (Å²) in [5, 5.41) is 0. The second-order valence-corrected chi connectivity index (χ2v) is 7.77. The standard InChI is InChI=1S/C26H26F2O/c1-2-18(17-20-11-8-10-19-9-6-7-14-22(19)20)23-15-16-24(27)26(25(23)28)29-21-12-4-3-5-13-21/h3-5,8,10-13,15-16,18H,2,6-7,9,14,17H2,1H3/t18-/m1/s1. The van der Waals surface area contributed by atoms with Gasteiger partial charge in [0.25, 0.3) is 0 Å². The highest BCUT2D eigenvalue weighted by molar-refractivity contribution is 5.41. The predicted octanol–water partition coefficient (Wildman–Crippen LogP) is 7.37. The first-order valence-corrected chi connectivity index (χ1v) is 10.5. The van der Waals surface area contributed by atoms with Crippen LogP contribution in [0.2, 0.25) is 0 Å². The van der Waals surface area contributed by atoms with E-state index in [9.17, 15) is 4.39 Å². The molecule has 3 heteroatoms. The van der Waals surface area contributed by atoms with Crippen molar-refractivity contribution in [3.63, 3.8) is 0 Å². The molecule has 1 nitrogen and oxygen atoms in total. The molecule has 0 amide bonds. The van der Waals surface area contributed by atoms with Crippen LogP contribution in [0.4, 0.5) is 8.78 Å². The Morgan fingerprint density at radius 2 is 1.69 bits per heavy atom. The van der Waals surface area contributed by atoms with Gasteiger partial charge in [-0.3, -0.25) is 0 Å². The molecule has 3 aromatic rings. The van der Waals surface area contributed by atoms with Crippen molar-refractivity contribution in [2.24, 2.45) is 0 Å². The molecule has 0 saturated heterocycles. The molecular formula is C26H26F2O. The molecule has 1 aliphatic rings. The molecule has 1 aliphatic carbocycles. The van der Waals surface area contributed by atoms with E-state index >= 15 is 4.39 Å². The summed E-state index contributed by atoms with van der Waals surface area (Å²) < 4.78 is 35.3. The van der Waals surface area contributed by atoms with Crippen LogP contribution in [0.15, 0.2) is 60.7 Å². The summed E-state index contributed by atoms with van der Waals surface area (Å²) in [6.45, 7) is 2.06. The van der Waals surface area contributed by atoms with Crippen molar-refractivity contribution in [1.82, 2.24) is 0 Å². The third kappa shape index (κ3) is 4.19. The Bertz CT molecular complexity index is 981. The van der Waals surface area contributed by atoms with E-state index in [0.29, 0.717) is 11.3 Å². The average Bonchev–Trinajstić information content (AvgIpc) is 2.76. The van der Waals surface area contributed by atoms with Crippen LogP contribution in [0.25, 0.3) is 0 Å². The summed E-state index contributed by atoms with van der Waals surface area (Å²) in [6, 6.07) is 18.2. The first kappa shape index (κ1) is 19.6. The lowest BCUT2D eigenvalue weighted by atomic mass is 9.82. The van der Waals surface area contributed by atoms with Gasteiger partial charge in [0.15, 0.2) is 17.4 Å². The van der Waals surface area contributed by atoms with Gasteiger partial charge in [-0.1, -0.05) is 49.4 Å². The lowest BCUT2D eigenvalue weighted by Crippen LogP contribution is -2.11. The number of halogens is 2. The smallest absolute Gasteiger partial charge is 0.198 e. The van der Waals surface area contributed by atoms with Gasteiger partial charge in [0.05, 0.1) is 0 Å². The monoisotopic (exact) mass is 392 g/mol. The predicted molar refractivity (Wildman–Crippen MR) is 113 cm³/mol. The molecule has 0 aromatic heterocycles. The van der Waals surface area contributed by atoms with E-state index in [1.165, 1.54) is 35.6 Å². The van der Waals surface area contributed by atoms with E-state index in [2.05, 4.69) is 25.1 Å². The maximum atomic E-state index is 15.3. The zero-order chi connectivity index (χ0) is 20.2. The molecule has 0 bridgehead atoms. The second kappa shape index (κ2) is 8.77. The Balaban J connectivity index is 1.65. The topological polar surface area (TPSA) is 9.23 Å². The van der Waals surface area contributed by atoms with Crippen molar-refractivity contribution in [3.8, 4) is 11.5 Å². The van der Waals surface area contributed by atoms with Crippen molar-refractivity contribution in [3.05, 3.63) is 94.6 Å². The zero-order valence-electron chi connectivity index (χ0n) is 16.8. The fourth-order valence-electron chi connectivity index (χ4n) is 4.35. The van der Waals surface area contributed by atoms with Crippen molar-refractivity contribution in [2.75, 3.05) is 0 Å². The molecule has 0 radical (unpaired) electrons. The highest BCUT2D eigenvalue weighted by Crippen LogP contribution is 2.36. The van der Waals surface area contributed by atoms with Crippen LogP contribution in [0.1, 0.15) is 54.4 Å². The molecule has 4 rings (SSSR count). The van der Waals surface area contributed by atoms with E-state index in [0.717, 1.165) is 25.7 Å². The Morgan fingerprint density at radius 3 is 2.48 bits per heavy atom. The van der Waals surface area contributed by atoms with E-state index in [1.54, 1.807) is 30.3 Å². The van der Waals surface area contributed by atoms with Crippen LogP contribution in [-0.4, -0.2) is 0 Å². The Kier molecular flexibility index (Phi) is 5.94. The number of ether oxygens (including phenoxy) is 1. The number of hydrogen-bond donors (Lipinski definition) is 0. The van der Waals surface area contributed by atoms with Crippen LogP contribution < -0.4 is 4.74 Å². The number of para-hydroxylation sites is 1. The molecule has 0 N–H and O–H groups in total. The van der Waals surface area contributed by atoms with E-state index in [4.69, 9.17) is 4.74 Å². The van der Waals surface area contributed by atoms with Gasteiger partial charge in [0.2, 0.25) is 0 Å². The maximum Gasteiger partial charge on any atom is 0.198 e. The largest absolute Gasteiger partial charge is 0.451 e. The summed E-state index contributed by atoms with van der Waals surface area (Å²) in [5.74, 6) is -1.19. The maximum absolute atomic E-state index is 15.3. The summed E-state index contributed by atoms with van der Waals surface area (Å²) in [5.41, 5.74) is 4.67. The Morgan fingerprint density at radius 1 is 0.897 bits per heavy atom. The van der Waals surface area contributed by atoms with Gasteiger partial charge in [0.1, 0.15) is 5.75 Å². The first-order chi connectivity index (χ1) is 14.2. The van der Waals surface area contributed by atoms with Gasteiger partial charge in [-0.2, -0.15) is 0 Å². The van der Waals surface area contributed by atoms with Crippen LogP contribution in [0.5, 0.6) is 11.5 Å². The summed E-state index contributed by atoms with van der Waals surface area (Å²) >= 11 is 0. The summed E-state index contributed by atoms with van der Waals surface area (Å²) in [4.78, 5) is 0. The molecule has 0 aliphatic heterocycles. The van der Waals surface area contributed by atoms with Crippen LogP contribution in [-0.2, 0) is 19.3 Å². The van der Waals surface area contributed by atoms with Crippen LogP contribution >= 0.6 is 0 Å². The fraction of sp³-hybridized carbons (Fsp3) is 0.308. The quantitative estimate of drug-likeness (QED) is 0.425. The normalized spacial score (nSPS) is 14.3. The van der Waals surface area contributed by atoms with Gasteiger partial charge in [-0.05, 0) is 84.9 Å². The zero-order valence-corrected chi connectivity index (χ0v) is 16.8. The van der Waals surface area contributed by atoms with Gasteiger partial charge < -0.3 is 4.74 Å². The minimum absolute atomic E-state index is 0.0258. The molecular weight excluding hydrogens is 366 g/mol. The van der Waals surface area contributed by atoms with Gasteiger partial charge in [-0.25, -0.2) is 8.78 Å². The number of fused-ring (bicyclic) bond motifs is 1. The second-order valence-electron chi connectivity index (χ2n) is 7.77. The van der Waals surface area contributed by atoms with Crippen LogP contribution in [0, 0.1) is 11.6 Å². The molecule has 150 valence electrons. The highest BCUT2D eigenvalue weighted by atomic mass is 19.1. The molecule has 3 aromatic carbocycles. The number of benzene rings is 3. The summed E-state index contributed by atoms with van der Waals surface area (Å²) in [6.07, 6.45) is 6.20. The van der Waals surface area contributed by atoms with Crippen LogP contribution in [0.3, 0.4) is 0 Å². The summed E-state index contributed by atoms with van der Waals surface area (Å²) in [7, 11) is 0. The molecule has 0 spiro atoms.